The van der Waals surface area contributed by atoms with Crippen molar-refractivity contribution in [2.24, 2.45) is 5.92 Å². The Morgan fingerprint density at radius 1 is 1.42 bits per heavy atom. The molecule has 1 aliphatic rings. The van der Waals surface area contributed by atoms with Gasteiger partial charge in [-0.3, -0.25) is 9.48 Å². The van der Waals surface area contributed by atoms with Gasteiger partial charge in [0.1, 0.15) is 0 Å². The monoisotopic (exact) mass is 257 g/mol. The molecule has 4 nitrogen and oxygen atoms in total. The summed E-state index contributed by atoms with van der Waals surface area (Å²) in [5, 5.41) is 8.59. The molecule has 1 atom stereocenters. The van der Waals surface area contributed by atoms with Crippen molar-refractivity contribution < 1.29 is 0 Å². The topological polar surface area (TPSA) is 46.9 Å². The number of nitrogens with zero attached hydrogens (tertiary/aromatic N) is 2. The predicted molar refractivity (Wildman–Crippen MR) is 76.2 cm³/mol. The predicted octanol–water partition coefficient (Wildman–Crippen LogP) is 1.78. The van der Waals surface area contributed by atoms with Gasteiger partial charge in [-0.25, -0.2) is 0 Å². The van der Waals surface area contributed by atoms with Crippen LogP contribution in [0.5, 0.6) is 0 Å². The summed E-state index contributed by atoms with van der Waals surface area (Å²) in [5.41, 5.74) is 0.928. The van der Waals surface area contributed by atoms with Gasteiger partial charge in [0.05, 0.1) is 18.3 Å². The van der Waals surface area contributed by atoms with Crippen molar-refractivity contribution in [2.75, 3.05) is 6.54 Å². The van der Waals surface area contributed by atoms with E-state index in [1.807, 2.05) is 28.9 Å². The molecule has 19 heavy (non-hydrogen) atoms. The Balaban J connectivity index is 1.96. The zero-order valence-corrected chi connectivity index (χ0v) is 11.2. The molecule has 1 aliphatic carbocycles. The Kier molecular flexibility index (Phi) is 3.34. The van der Waals surface area contributed by atoms with Gasteiger partial charge in [0.2, 0.25) is 5.43 Å². The molecule has 0 aliphatic heterocycles. The van der Waals surface area contributed by atoms with Crippen LogP contribution < -0.4 is 10.7 Å². The summed E-state index contributed by atoms with van der Waals surface area (Å²) >= 11 is 0. The van der Waals surface area contributed by atoms with E-state index in [1.165, 1.54) is 19.0 Å². The Bertz CT molecular complexity index is 631. The Labute approximate surface area is 112 Å². The number of fused-ring (bicyclic) bond motifs is 1. The van der Waals surface area contributed by atoms with Gasteiger partial charge in [0, 0.05) is 11.4 Å². The van der Waals surface area contributed by atoms with Gasteiger partial charge in [-0.2, -0.15) is 5.10 Å². The molecule has 1 N–H and O–H groups in total. The molecule has 3 rings (SSSR count). The maximum absolute atomic E-state index is 11.8. The van der Waals surface area contributed by atoms with Gasteiger partial charge in [0.15, 0.2) is 0 Å². The van der Waals surface area contributed by atoms with Crippen LogP contribution in [0.2, 0.25) is 0 Å². The van der Waals surface area contributed by atoms with E-state index in [-0.39, 0.29) is 5.43 Å². The first kappa shape index (κ1) is 12.4. The first-order chi connectivity index (χ1) is 9.29. The number of benzene rings is 1. The highest BCUT2D eigenvalue weighted by Crippen LogP contribution is 2.33. The first-order valence-electron chi connectivity index (χ1n) is 6.98. The molecule has 1 saturated carbocycles. The van der Waals surface area contributed by atoms with Crippen molar-refractivity contribution in [2.45, 2.75) is 32.4 Å². The van der Waals surface area contributed by atoms with Crippen molar-refractivity contribution in [3.8, 4) is 0 Å². The standard InChI is InChI=1S/C15H19N3O/c1-2-16-13(11-7-8-11)10-18-14-6-4-3-5-12(14)15(19)9-17-18/h3-6,9,11,13,16H,2,7-8,10H2,1H3. The van der Waals surface area contributed by atoms with E-state index < -0.39 is 0 Å². The van der Waals surface area contributed by atoms with Gasteiger partial charge < -0.3 is 5.32 Å². The van der Waals surface area contributed by atoms with Gasteiger partial charge in [-0.05, 0) is 37.4 Å². The highest BCUT2D eigenvalue weighted by molar-refractivity contribution is 5.77. The smallest absolute Gasteiger partial charge is 0.207 e. The first-order valence-corrected chi connectivity index (χ1v) is 6.98. The van der Waals surface area contributed by atoms with Crippen molar-refractivity contribution in [1.82, 2.24) is 15.1 Å². The molecule has 1 fully saturated rings. The highest BCUT2D eigenvalue weighted by atomic mass is 16.1. The number of hydrogen-bond donors (Lipinski definition) is 1. The maximum atomic E-state index is 11.8. The van der Waals surface area contributed by atoms with Crippen LogP contribution in [-0.4, -0.2) is 22.4 Å². The van der Waals surface area contributed by atoms with Crippen LogP contribution >= 0.6 is 0 Å². The Morgan fingerprint density at radius 2 is 2.21 bits per heavy atom. The highest BCUT2D eigenvalue weighted by Gasteiger charge is 2.31. The minimum absolute atomic E-state index is 0.00160. The summed E-state index contributed by atoms with van der Waals surface area (Å²) in [4.78, 5) is 11.8. The molecule has 1 aromatic carbocycles. The van der Waals surface area contributed by atoms with Gasteiger partial charge >= 0.3 is 0 Å². The van der Waals surface area contributed by atoms with Crippen LogP contribution in [0.4, 0.5) is 0 Å². The molecule has 0 saturated heterocycles. The molecule has 1 unspecified atom stereocenters. The van der Waals surface area contributed by atoms with E-state index in [9.17, 15) is 4.79 Å². The van der Waals surface area contributed by atoms with Crippen LogP contribution in [0.15, 0.2) is 35.3 Å². The number of aromatic nitrogens is 2. The molecule has 0 amide bonds. The number of likely N-dealkylation sites (N-methyl/N-ethyl adjacent to an activating group) is 1. The zero-order chi connectivity index (χ0) is 13.2. The number of para-hydroxylation sites is 1. The summed E-state index contributed by atoms with van der Waals surface area (Å²) in [7, 11) is 0. The summed E-state index contributed by atoms with van der Waals surface area (Å²) in [6, 6.07) is 8.16. The average Bonchev–Trinajstić information content (AvgIpc) is 3.26. The van der Waals surface area contributed by atoms with Crippen molar-refractivity contribution in [3.63, 3.8) is 0 Å². The number of nitrogens with one attached hydrogen (secondary N) is 1. The third-order valence-electron chi connectivity index (χ3n) is 3.79. The fourth-order valence-electron chi connectivity index (χ4n) is 2.63. The second kappa shape index (κ2) is 5.13. The van der Waals surface area contributed by atoms with E-state index in [0.717, 1.165) is 29.9 Å². The van der Waals surface area contributed by atoms with E-state index >= 15 is 0 Å². The summed E-state index contributed by atoms with van der Waals surface area (Å²) in [6.45, 7) is 3.94. The second-order valence-corrected chi connectivity index (χ2v) is 5.21. The third-order valence-corrected chi connectivity index (χ3v) is 3.79. The van der Waals surface area contributed by atoms with Crippen molar-refractivity contribution in [1.29, 1.82) is 0 Å². The molecular weight excluding hydrogens is 238 g/mol. The van der Waals surface area contributed by atoms with Crippen LogP contribution in [-0.2, 0) is 6.54 Å². The number of hydrogen-bond acceptors (Lipinski definition) is 3. The average molecular weight is 257 g/mol. The largest absolute Gasteiger partial charge is 0.312 e. The quantitative estimate of drug-likeness (QED) is 0.888. The molecule has 0 radical (unpaired) electrons. The Morgan fingerprint density at radius 3 is 2.95 bits per heavy atom. The molecular formula is C15H19N3O. The lowest BCUT2D eigenvalue weighted by Gasteiger charge is -2.19. The Hall–Kier alpha value is -1.68. The molecule has 4 heteroatoms. The van der Waals surface area contributed by atoms with E-state index in [4.69, 9.17) is 0 Å². The fraction of sp³-hybridized carbons (Fsp3) is 0.467. The van der Waals surface area contributed by atoms with Gasteiger partial charge in [-0.1, -0.05) is 19.1 Å². The van der Waals surface area contributed by atoms with Crippen LogP contribution in [0.3, 0.4) is 0 Å². The minimum atomic E-state index is -0.00160. The van der Waals surface area contributed by atoms with Crippen molar-refractivity contribution in [3.05, 3.63) is 40.7 Å². The van der Waals surface area contributed by atoms with Gasteiger partial charge in [0.25, 0.3) is 0 Å². The normalized spacial score (nSPS) is 16.7. The minimum Gasteiger partial charge on any atom is -0.312 e. The van der Waals surface area contributed by atoms with Gasteiger partial charge in [-0.15, -0.1) is 0 Å². The van der Waals surface area contributed by atoms with Crippen molar-refractivity contribution >= 4 is 10.9 Å². The molecule has 1 heterocycles. The zero-order valence-electron chi connectivity index (χ0n) is 11.2. The number of rotatable bonds is 5. The second-order valence-electron chi connectivity index (χ2n) is 5.21. The molecule has 2 aromatic rings. The lowest BCUT2D eigenvalue weighted by Crippen LogP contribution is -2.36. The molecule has 0 bridgehead atoms. The summed E-state index contributed by atoms with van der Waals surface area (Å²) in [5.74, 6) is 0.764. The molecule has 0 spiro atoms. The fourth-order valence-corrected chi connectivity index (χ4v) is 2.63. The summed E-state index contributed by atoms with van der Waals surface area (Å²) in [6.07, 6.45) is 4.03. The maximum Gasteiger partial charge on any atom is 0.207 e. The lowest BCUT2D eigenvalue weighted by atomic mass is 10.1. The summed E-state index contributed by atoms with van der Waals surface area (Å²) < 4.78 is 1.96. The van der Waals surface area contributed by atoms with E-state index in [0.29, 0.717) is 6.04 Å². The van der Waals surface area contributed by atoms with Crippen LogP contribution in [0.1, 0.15) is 19.8 Å². The third kappa shape index (κ3) is 2.54. The van der Waals surface area contributed by atoms with Crippen LogP contribution in [0, 0.1) is 5.92 Å². The SMILES string of the molecule is CCNC(Cn1ncc(=O)c2ccccc21)C1CC1. The lowest BCUT2D eigenvalue weighted by molar-refractivity contribution is 0.400. The van der Waals surface area contributed by atoms with E-state index in [1.54, 1.807) is 0 Å². The molecule has 1 aromatic heterocycles. The van der Waals surface area contributed by atoms with Crippen LogP contribution in [0.25, 0.3) is 10.9 Å². The molecule has 100 valence electrons. The van der Waals surface area contributed by atoms with E-state index in [2.05, 4.69) is 17.3 Å².